The van der Waals surface area contributed by atoms with E-state index in [1.807, 2.05) is 60.3 Å². The molecule has 27 heavy (non-hydrogen) atoms. The number of nitrogens with zero attached hydrogens (tertiary/aromatic N) is 2. The first kappa shape index (κ1) is 19.1. The van der Waals surface area contributed by atoms with Gasteiger partial charge in [-0.25, -0.2) is 9.98 Å². The van der Waals surface area contributed by atoms with Crippen molar-refractivity contribution in [3.8, 4) is 11.3 Å². The quantitative estimate of drug-likeness (QED) is 0.373. The van der Waals surface area contributed by atoms with E-state index in [1.165, 1.54) is 0 Å². The summed E-state index contributed by atoms with van der Waals surface area (Å²) in [6.45, 7) is 5.32. The second-order valence-electron chi connectivity index (χ2n) is 6.44. The summed E-state index contributed by atoms with van der Waals surface area (Å²) in [7, 11) is 0. The molecule has 142 valence electrons. The first-order chi connectivity index (χ1) is 13.1. The van der Waals surface area contributed by atoms with Crippen LogP contribution in [-0.4, -0.2) is 34.1 Å². The van der Waals surface area contributed by atoms with Crippen molar-refractivity contribution >= 4 is 17.3 Å². The SMILES string of the molecule is CCNC(=NCc1ncc(-c2ccccc2)[nH]1)NCC(C)(O)c1ccsc1. The molecule has 0 fully saturated rings. The van der Waals surface area contributed by atoms with Gasteiger partial charge in [0.15, 0.2) is 5.96 Å². The minimum Gasteiger partial charge on any atom is -0.384 e. The van der Waals surface area contributed by atoms with Gasteiger partial charge >= 0.3 is 0 Å². The number of aliphatic hydroxyl groups is 1. The Labute approximate surface area is 163 Å². The fraction of sp³-hybridized carbons (Fsp3) is 0.300. The van der Waals surface area contributed by atoms with Crippen LogP contribution in [0, 0.1) is 0 Å². The molecule has 0 aliphatic rings. The number of rotatable bonds is 7. The van der Waals surface area contributed by atoms with Crippen LogP contribution in [0.2, 0.25) is 0 Å². The predicted octanol–water partition coefficient (Wildman–Crippen LogP) is 3.10. The number of thiophene rings is 1. The third-order valence-corrected chi connectivity index (χ3v) is 4.87. The average molecular weight is 384 g/mol. The maximum atomic E-state index is 10.6. The van der Waals surface area contributed by atoms with Crippen LogP contribution in [0.25, 0.3) is 11.3 Å². The van der Waals surface area contributed by atoms with Gasteiger partial charge in [0.2, 0.25) is 0 Å². The minimum atomic E-state index is -0.957. The molecule has 0 aliphatic carbocycles. The minimum absolute atomic E-state index is 0.364. The van der Waals surface area contributed by atoms with Crippen LogP contribution < -0.4 is 10.6 Å². The summed E-state index contributed by atoms with van der Waals surface area (Å²) in [6, 6.07) is 12.0. The number of guanidine groups is 1. The smallest absolute Gasteiger partial charge is 0.191 e. The Morgan fingerprint density at radius 3 is 2.78 bits per heavy atom. The molecule has 0 saturated heterocycles. The molecule has 2 aromatic heterocycles. The molecule has 4 N–H and O–H groups in total. The van der Waals surface area contributed by atoms with Gasteiger partial charge in [-0.2, -0.15) is 11.3 Å². The lowest BCUT2D eigenvalue weighted by molar-refractivity contribution is 0.0621. The molecule has 1 unspecified atom stereocenters. The standard InChI is InChI=1S/C20H25N5OS/c1-3-21-19(24-14-20(2,26)16-9-10-27-13-16)23-12-18-22-11-17(25-18)15-7-5-4-6-8-15/h4-11,13,26H,3,12,14H2,1-2H3,(H,22,25)(H2,21,23,24). The molecule has 0 saturated carbocycles. The Morgan fingerprint density at radius 2 is 2.07 bits per heavy atom. The van der Waals surface area contributed by atoms with Gasteiger partial charge in [-0.1, -0.05) is 30.3 Å². The number of aliphatic imine (C=N–C) groups is 1. The van der Waals surface area contributed by atoms with Crippen LogP contribution in [0.3, 0.4) is 0 Å². The highest BCUT2D eigenvalue weighted by Crippen LogP contribution is 2.22. The van der Waals surface area contributed by atoms with Crippen LogP contribution in [0.5, 0.6) is 0 Å². The summed E-state index contributed by atoms with van der Waals surface area (Å²) in [5, 5.41) is 21.0. The van der Waals surface area contributed by atoms with E-state index in [9.17, 15) is 5.11 Å². The fourth-order valence-electron chi connectivity index (χ4n) is 2.63. The second kappa shape index (κ2) is 8.83. The van der Waals surface area contributed by atoms with Crippen LogP contribution in [-0.2, 0) is 12.1 Å². The highest BCUT2D eigenvalue weighted by Gasteiger charge is 2.23. The number of H-pyrrole nitrogens is 1. The predicted molar refractivity (Wildman–Crippen MR) is 111 cm³/mol. The molecule has 1 atom stereocenters. The lowest BCUT2D eigenvalue weighted by atomic mass is 9.99. The first-order valence-electron chi connectivity index (χ1n) is 8.95. The number of imidazole rings is 1. The van der Waals surface area contributed by atoms with Crippen molar-refractivity contribution in [3.63, 3.8) is 0 Å². The number of hydrogen-bond acceptors (Lipinski definition) is 4. The molecule has 0 amide bonds. The van der Waals surface area contributed by atoms with E-state index in [0.29, 0.717) is 19.0 Å². The van der Waals surface area contributed by atoms with E-state index in [4.69, 9.17) is 0 Å². The molecular weight excluding hydrogens is 358 g/mol. The van der Waals surface area contributed by atoms with Gasteiger partial charge in [-0.15, -0.1) is 0 Å². The molecular formula is C20H25N5OS. The van der Waals surface area contributed by atoms with Crippen molar-refractivity contribution < 1.29 is 5.11 Å². The third kappa shape index (κ3) is 5.18. The van der Waals surface area contributed by atoms with Gasteiger partial charge in [0.05, 0.1) is 18.4 Å². The summed E-state index contributed by atoms with van der Waals surface area (Å²) in [4.78, 5) is 12.3. The maximum Gasteiger partial charge on any atom is 0.191 e. The lowest BCUT2D eigenvalue weighted by Gasteiger charge is -2.24. The Hall–Kier alpha value is -2.64. The molecule has 6 nitrogen and oxygen atoms in total. The Kier molecular flexibility index (Phi) is 6.26. The number of aromatic nitrogens is 2. The van der Waals surface area contributed by atoms with E-state index in [0.717, 1.165) is 29.2 Å². The van der Waals surface area contributed by atoms with Crippen LogP contribution in [0.1, 0.15) is 25.2 Å². The summed E-state index contributed by atoms with van der Waals surface area (Å²) >= 11 is 1.57. The van der Waals surface area contributed by atoms with Gasteiger partial charge in [0.25, 0.3) is 0 Å². The van der Waals surface area contributed by atoms with Crippen LogP contribution in [0.4, 0.5) is 0 Å². The Morgan fingerprint density at radius 1 is 1.26 bits per heavy atom. The van der Waals surface area contributed by atoms with Crippen molar-refractivity contribution in [1.82, 2.24) is 20.6 Å². The topological polar surface area (TPSA) is 85.3 Å². The summed E-state index contributed by atoms with van der Waals surface area (Å²) in [5.41, 5.74) is 2.01. The normalized spacial score (nSPS) is 14.0. The molecule has 0 radical (unpaired) electrons. The van der Waals surface area contributed by atoms with Crippen molar-refractivity contribution in [2.75, 3.05) is 13.1 Å². The lowest BCUT2D eigenvalue weighted by Crippen LogP contribution is -2.44. The molecule has 3 rings (SSSR count). The van der Waals surface area contributed by atoms with E-state index in [1.54, 1.807) is 18.3 Å². The van der Waals surface area contributed by atoms with E-state index >= 15 is 0 Å². The van der Waals surface area contributed by atoms with Gasteiger partial charge < -0.3 is 20.7 Å². The van der Waals surface area contributed by atoms with Gasteiger partial charge in [0, 0.05) is 6.54 Å². The zero-order chi connectivity index (χ0) is 19.1. The highest BCUT2D eigenvalue weighted by atomic mass is 32.1. The zero-order valence-corrected chi connectivity index (χ0v) is 16.4. The molecule has 2 heterocycles. The van der Waals surface area contributed by atoms with Crippen LogP contribution in [0.15, 0.2) is 58.3 Å². The van der Waals surface area contributed by atoms with Crippen molar-refractivity contribution in [3.05, 3.63) is 64.7 Å². The number of benzene rings is 1. The van der Waals surface area contributed by atoms with E-state index < -0.39 is 5.60 Å². The molecule has 0 spiro atoms. The molecule has 1 aromatic carbocycles. The summed E-state index contributed by atoms with van der Waals surface area (Å²) in [6.07, 6.45) is 1.82. The molecule has 3 aromatic rings. The number of aromatic amines is 1. The van der Waals surface area contributed by atoms with Gasteiger partial charge in [-0.05, 0) is 41.8 Å². The largest absolute Gasteiger partial charge is 0.384 e. The zero-order valence-electron chi connectivity index (χ0n) is 15.6. The summed E-state index contributed by atoms with van der Waals surface area (Å²) < 4.78 is 0. The molecule has 0 bridgehead atoms. The monoisotopic (exact) mass is 383 g/mol. The van der Waals surface area contributed by atoms with E-state index in [-0.39, 0.29) is 0 Å². The van der Waals surface area contributed by atoms with Gasteiger partial charge in [-0.3, -0.25) is 0 Å². The Bertz CT molecular complexity index is 856. The second-order valence-corrected chi connectivity index (χ2v) is 7.22. The third-order valence-electron chi connectivity index (χ3n) is 4.19. The number of nitrogens with one attached hydrogen (secondary N) is 3. The van der Waals surface area contributed by atoms with Gasteiger partial charge in [0.1, 0.15) is 18.0 Å². The van der Waals surface area contributed by atoms with Crippen molar-refractivity contribution in [2.24, 2.45) is 4.99 Å². The molecule has 7 heteroatoms. The van der Waals surface area contributed by atoms with E-state index in [2.05, 4.69) is 25.6 Å². The van der Waals surface area contributed by atoms with Crippen LogP contribution >= 0.6 is 11.3 Å². The number of hydrogen-bond donors (Lipinski definition) is 4. The molecule has 0 aliphatic heterocycles. The Balaban J connectivity index is 1.63. The first-order valence-corrected chi connectivity index (χ1v) is 9.89. The average Bonchev–Trinajstić information content (AvgIpc) is 3.37. The highest BCUT2D eigenvalue weighted by molar-refractivity contribution is 7.08. The fourth-order valence-corrected chi connectivity index (χ4v) is 3.41. The van der Waals surface area contributed by atoms with Crippen molar-refractivity contribution in [2.45, 2.75) is 26.0 Å². The van der Waals surface area contributed by atoms with Crippen molar-refractivity contribution in [1.29, 1.82) is 0 Å². The maximum absolute atomic E-state index is 10.6. The summed E-state index contributed by atoms with van der Waals surface area (Å²) in [5.74, 6) is 1.43.